The zero-order valence-electron chi connectivity index (χ0n) is 9.78. The first-order chi connectivity index (χ1) is 7.27. The summed E-state index contributed by atoms with van der Waals surface area (Å²) in [6, 6.07) is 4.64. The zero-order valence-corrected chi connectivity index (χ0v) is 9.78. The fraction of sp³-hybridized carbons (Fsp3) is 0.692. The maximum absolute atomic E-state index is 5.54. The van der Waals surface area contributed by atoms with Gasteiger partial charge in [-0.2, -0.15) is 0 Å². The summed E-state index contributed by atoms with van der Waals surface area (Å²) in [6.07, 6.45) is 5.71. The van der Waals surface area contributed by atoms with E-state index in [0.29, 0.717) is 6.04 Å². The van der Waals surface area contributed by atoms with Crippen LogP contribution in [0.3, 0.4) is 0 Å². The molecule has 0 saturated carbocycles. The molecule has 0 spiro atoms. The van der Waals surface area contributed by atoms with Gasteiger partial charge < -0.3 is 4.42 Å². The second-order valence-corrected chi connectivity index (χ2v) is 4.92. The molecule has 2 heterocycles. The highest BCUT2D eigenvalue weighted by atomic mass is 16.3. The Morgan fingerprint density at radius 2 is 2.33 bits per heavy atom. The number of hydrogen-bond acceptors (Lipinski definition) is 2. The minimum absolute atomic E-state index is 0.524. The van der Waals surface area contributed by atoms with Gasteiger partial charge in [-0.15, -0.1) is 0 Å². The number of piperidine rings is 1. The molecule has 1 saturated heterocycles. The molecule has 0 aliphatic carbocycles. The first-order valence-electron chi connectivity index (χ1n) is 6.05. The van der Waals surface area contributed by atoms with Gasteiger partial charge in [-0.1, -0.05) is 20.3 Å². The van der Waals surface area contributed by atoms with Gasteiger partial charge in [0.05, 0.1) is 12.3 Å². The summed E-state index contributed by atoms with van der Waals surface area (Å²) in [5, 5.41) is 0. The number of hydrogen-bond donors (Lipinski definition) is 0. The van der Waals surface area contributed by atoms with Crippen LogP contribution in [0.5, 0.6) is 0 Å². The third kappa shape index (κ3) is 2.63. The molecule has 1 aromatic rings. The van der Waals surface area contributed by atoms with Crippen LogP contribution in [0.25, 0.3) is 0 Å². The Balaban J connectivity index is 2.06. The summed E-state index contributed by atoms with van der Waals surface area (Å²) >= 11 is 0. The second-order valence-electron chi connectivity index (χ2n) is 4.92. The third-order valence-electron chi connectivity index (χ3n) is 3.08. The summed E-state index contributed by atoms with van der Waals surface area (Å²) < 4.78 is 5.54. The van der Waals surface area contributed by atoms with E-state index in [9.17, 15) is 0 Å². The van der Waals surface area contributed by atoms with E-state index < -0.39 is 0 Å². The molecule has 0 bridgehead atoms. The van der Waals surface area contributed by atoms with Crippen molar-refractivity contribution in [3.63, 3.8) is 0 Å². The van der Waals surface area contributed by atoms with E-state index >= 15 is 0 Å². The van der Waals surface area contributed by atoms with Crippen molar-refractivity contribution in [1.29, 1.82) is 0 Å². The van der Waals surface area contributed by atoms with E-state index in [4.69, 9.17) is 4.42 Å². The molecule has 2 heteroatoms. The Kier molecular flexibility index (Phi) is 3.47. The molecule has 2 nitrogen and oxygen atoms in total. The van der Waals surface area contributed by atoms with Gasteiger partial charge in [-0.25, -0.2) is 0 Å². The fourth-order valence-electron chi connectivity index (χ4n) is 2.48. The largest absolute Gasteiger partial charge is 0.468 e. The molecule has 1 atom stereocenters. The van der Waals surface area contributed by atoms with Crippen molar-refractivity contribution in [2.45, 2.75) is 39.2 Å². The van der Waals surface area contributed by atoms with E-state index in [1.807, 2.05) is 6.07 Å². The Labute approximate surface area is 92.3 Å². The summed E-state index contributed by atoms with van der Waals surface area (Å²) in [6.45, 7) is 6.98. The maximum Gasteiger partial charge on any atom is 0.120 e. The van der Waals surface area contributed by atoms with E-state index in [1.54, 1.807) is 6.26 Å². The molecule has 0 radical (unpaired) electrons. The SMILES string of the molecule is CC(C)CN1CCCCC1c1ccco1. The predicted molar refractivity (Wildman–Crippen MR) is 61.7 cm³/mol. The number of furan rings is 1. The standard InChI is InChI=1S/C13H21NO/c1-11(2)10-14-8-4-3-6-12(14)13-7-5-9-15-13/h5,7,9,11-12H,3-4,6,8,10H2,1-2H3. The smallest absolute Gasteiger partial charge is 0.120 e. The minimum Gasteiger partial charge on any atom is -0.468 e. The molecule has 1 fully saturated rings. The lowest BCUT2D eigenvalue weighted by atomic mass is 9.99. The highest BCUT2D eigenvalue weighted by Gasteiger charge is 2.25. The third-order valence-corrected chi connectivity index (χ3v) is 3.08. The van der Waals surface area contributed by atoms with Gasteiger partial charge in [0.2, 0.25) is 0 Å². The number of nitrogens with zero attached hydrogens (tertiary/aromatic N) is 1. The van der Waals surface area contributed by atoms with Gasteiger partial charge in [0.25, 0.3) is 0 Å². The van der Waals surface area contributed by atoms with Crippen LogP contribution >= 0.6 is 0 Å². The highest BCUT2D eigenvalue weighted by Crippen LogP contribution is 2.31. The van der Waals surface area contributed by atoms with Crippen LogP contribution in [-0.4, -0.2) is 18.0 Å². The van der Waals surface area contributed by atoms with Gasteiger partial charge in [-0.05, 0) is 37.4 Å². The Morgan fingerprint density at radius 3 is 3.00 bits per heavy atom. The molecular weight excluding hydrogens is 186 g/mol. The molecule has 0 N–H and O–H groups in total. The maximum atomic E-state index is 5.54. The van der Waals surface area contributed by atoms with Crippen molar-refractivity contribution in [2.24, 2.45) is 5.92 Å². The average molecular weight is 207 g/mol. The topological polar surface area (TPSA) is 16.4 Å². The van der Waals surface area contributed by atoms with E-state index in [0.717, 1.165) is 11.7 Å². The Morgan fingerprint density at radius 1 is 1.47 bits per heavy atom. The van der Waals surface area contributed by atoms with Gasteiger partial charge >= 0.3 is 0 Å². The van der Waals surface area contributed by atoms with Crippen LogP contribution in [-0.2, 0) is 0 Å². The molecule has 0 aromatic carbocycles. The van der Waals surface area contributed by atoms with Crippen molar-refractivity contribution < 1.29 is 4.42 Å². The Bertz CT molecular complexity index is 279. The molecule has 1 aliphatic rings. The molecule has 1 aromatic heterocycles. The van der Waals surface area contributed by atoms with Crippen molar-refractivity contribution in [1.82, 2.24) is 4.90 Å². The summed E-state index contributed by atoms with van der Waals surface area (Å²) in [4.78, 5) is 2.58. The van der Waals surface area contributed by atoms with Crippen molar-refractivity contribution in [3.05, 3.63) is 24.2 Å². The van der Waals surface area contributed by atoms with Crippen molar-refractivity contribution in [3.8, 4) is 0 Å². The minimum atomic E-state index is 0.524. The van der Waals surface area contributed by atoms with Crippen LogP contribution < -0.4 is 0 Å². The lowest BCUT2D eigenvalue weighted by Crippen LogP contribution is -2.35. The lowest BCUT2D eigenvalue weighted by Gasteiger charge is -2.35. The van der Waals surface area contributed by atoms with Crippen LogP contribution in [0.4, 0.5) is 0 Å². The van der Waals surface area contributed by atoms with Crippen LogP contribution in [0.15, 0.2) is 22.8 Å². The molecule has 1 unspecified atom stereocenters. The molecule has 84 valence electrons. The number of rotatable bonds is 3. The van der Waals surface area contributed by atoms with E-state index in [1.165, 1.54) is 32.4 Å². The highest BCUT2D eigenvalue weighted by molar-refractivity contribution is 5.05. The van der Waals surface area contributed by atoms with Crippen LogP contribution in [0, 0.1) is 5.92 Å². The molecular formula is C13H21NO. The predicted octanol–water partition coefficient (Wildman–Crippen LogP) is 3.46. The van der Waals surface area contributed by atoms with Gasteiger partial charge in [0, 0.05) is 6.54 Å². The summed E-state index contributed by atoms with van der Waals surface area (Å²) in [5.41, 5.74) is 0. The van der Waals surface area contributed by atoms with Gasteiger partial charge in [-0.3, -0.25) is 4.90 Å². The van der Waals surface area contributed by atoms with E-state index in [2.05, 4.69) is 24.8 Å². The molecule has 1 aliphatic heterocycles. The fourth-order valence-corrected chi connectivity index (χ4v) is 2.48. The molecule has 15 heavy (non-hydrogen) atoms. The van der Waals surface area contributed by atoms with E-state index in [-0.39, 0.29) is 0 Å². The quantitative estimate of drug-likeness (QED) is 0.754. The van der Waals surface area contributed by atoms with Crippen LogP contribution in [0.1, 0.15) is 44.9 Å². The van der Waals surface area contributed by atoms with Crippen molar-refractivity contribution >= 4 is 0 Å². The number of likely N-dealkylation sites (tertiary alicyclic amines) is 1. The lowest BCUT2D eigenvalue weighted by molar-refractivity contribution is 0.115. The zero-order chi connectivity index (χ0) is 10.7. The average Bonchev–Trinajstić information content (AvgIpc) is 2.70. The van der Waals surface area contributed by atoms with Crippen LogP contribution in [0.2, 0.25) is 0 Å². The van der Waals surface area contributed by atoms with Crippen molar-refractivity contribution in [2.75, 3.05) is 13.1 Å². The first kappa shape index (κ1) is 10.7. The monoisotopic (exact) mass is 207 g/mol. The normalized spacial score (nSPS) is 23.5. The second kappa shape index (κ2) is 4.84. The Hall–Kier alpha value is -0.760. The molecule has 2 rings (SSSR count). The summed E-state index contributed by atoms with van der Waals surface area (Å²) in [7, 11) is 0. The first-order valence-corrected chi connectivity index (χ1v) is 6.05. The van der Waals surface area contributed by atoms with Gasteiger partial charge in [0.15, 0.2) is 0 Å². The van der Waals surface area contributed by atoms with Gasteiger partial charge in [0.1, 0.15) is 5.76 Å². The summed E-state index contributed by atoms with van der Waals surface area (Å²) in [5.74, 6) is 1.89. The molecule has 0 amide bonds.